The lowest BCUT2D eigenvalue weighted by Crippen LogP contribution is -2.39. The maximum absolute atomic E-state index is 13.2. The summed E-state index contributed by atoms with van der Waals surface area (Å²) in [6, 6.07) is 9.65. The van der Waals surface area contributed by atoms with Crippen molar-refractivity contribution in [1.82, 2.24) is 35.0 Å². The zero-order valence-electron chi connectivity index (χ0n) is 21.1. The van der Waals surface area contributed by atoms with Gasteiger partial charge in [0.2, 0.25) is 0 Å². The zero-order chi connectivity index (χ0) is 25.9. The van der Waals surface area contributed by atoms with Crippen molar-refractivity contribution in [2.75, 3.05) is 26.7 Å². The minimum absolute atomic E-state index is 0.131. The van der Waals surface area contributed by atoms with Crippen LogP contribution in [-0.4, -0.2) is 68.3 Å². The summed E-state index contributed by atoms with van der Waals surface area (Å²) >= 11 is 1.51. The maximum Gasteiger partial charge on any atom is 0.276 e. The minimum Gasteiger partial charge on any atom is -0.497 e. The summed E-state index contributed by atoms with van der Waals surface area (Å²) in [7, 11) is 1.64. The lowest BCUT2D eigenvalue weighted by Gasteiger charge is -2.31. The van der Waals surface area contributed by atoms with Gasteiger partial charge in [-0.15, -0.1) is 21.5 Å². The number of nitrogens with one attached hydrogen (secondary N) is 1. The quantitative estimate of drug-likeness (QED) is 0.399. The van der Waals surface area contributed by atoms with E-state index in [1.165, 1.54) is 11.3 Å². The number of hydrogen-bond acceptors (Lipinski definition) is 8. The van der Waals surface area contributed by atoms with Gasteiger partial charge in [0.15, 0.2) is 11.3 Å². The van der Waals surface area contributed by atoms with Crippen LogP contribution >= 0.6 is 11.3 Å². The smallest absolute Gasteiger partial charge is 0.276 e. The Bertz CT molecular complexity index is 1440. The average molecular weight is 520 g/mol. The number of fused-ring (bicyclic) bond motifs is 1. The Morgan fingerprint density at radius 3 is 2.76 bits per heavy atom. The van der Waals surface area contributed by atoms with E-state index in [2.05, 4.69) is 25.6 Å². The van der Waals surface area contributed by atoms with Gasteiger partial charge in [0.25, 0.3) is 11.8 Å². The van der Waals surface area contributed by atoms with E-state index < -0.39 is 0 Å². The molecule has 1 saturated heterocycles. The first kappa shape index (κ1) is 24.8. The van der Waals surface area contributed by atoms with Gasteiger partial charge in [0, 0.05) is 37.0 Å². The number of amides is 2. The summed E-state index contributed by atoms with van der Waals surface area (Å²) in [6.45, 7) is 5.44. The number of methoxy groups -OCH3 is 1. The third-order valence-electron chi connectivity index (χ3n) is 6.65. The van der Waals surface area contributed by atoms with Crippen LogP contribution in [0.3, 0.4) is 0 Å². The highest BCUT2D eigenvalue weighted by Crippen LogP contribution is 2.31. The summed E-state index contributed by atoms with van der Waals surface area (Å²) < 4.78 is 6.92. The largest absolute Gasteiger partial charge is 0.497 e. The van der Waals surface area contributed by atoms with E-state index in [-0.39, 0.29) is 17.7 Å². The van der Waals surface area contributed by atoms with Crippen molar-refractivity contribution in [3.63, 3.8) is 0 Å². The molecule has 3 aromatic heterocycles. The predicted molar refractivity (Wildman–Crippen MR) is 139 cm³/mol. The third-order valence-corrected chi connectivity index (χ3v) is 7.65. The van der Waals surface area contributed by atoms with Gasteiger partial charge in [-0.25, -0.2) is 9.50 Å². The van der Waals surface area contributed by atoms with Crippen LogP contribution in [0.2, 0.25) is 0 Å². The van der Waals surface area contributed by atoms with E-state index in [4.69, 9.17) is 4.74 Å². The molecule has 2 amide bonds. The molecule has 10 nitrogen and oxygen atoms in total. The van der Waals surface area contributed by atoms with Crippen LogP contribution in [0.4, 0.5) is 0 Å². The number of carbonyl (C=O) groups is 2. The van der Waals surface area contributed by atoms with Gasteiger partial charge in [0.1, 0.15) is 11.4 Å². The summed E-state index contributed by atoms with van der Waals surface area (Å²) in [5.41, 5.74) is 4.02. The Hall–Kier alpha value is -3.86. The molecule has 1 N–H and O–H groups in total. The number of nitrogens with zero attached hydrogens (tertiary/aromatic N) is 6. The highest BCUT2D eigenvalue weighted by Gasteiger charge is 2.29. The first-order valence-electron chi connectivity index (χ1n) is 12.3. The van der Waals surface area contributed by atoms with Crippen LogP contribution in [0.15, 0.2) is 35.7 Å². The van der Waals surface area contributed by atoms with Crippen molar-refractivity contribution in [2.24, 2.45) is 0 Å². The lowest BCUT2D eigenvalue weighted by atomic mass is 9.97. The van der Waals surface area contributed by atoms with Gasteiger partial charge in [0.05, 0.1) is 23.5 Å². The Balaban J connectivity index is 1.14. The molecule has 11 heteroatoms. The van der Waals surface area contributed by atoms with Crippen LogP contribution in [0, 0.1) is 13.8 Å². The number of carbonyl (C=O) groups excluding carboxylic acids is 2. The fraction of sp³-hybridized carbons (Fsp3) is 0.385. The molecular formula is C26H29N7O3S. The Labute approximate surface area is 218 Å². The number of ether oxygens (including phenoxy) is 1. The molecule has 0 spiro atoms. The van der Waals surface area contributed by atoms with Gasteiger partial charge >= 0.3 is 0 Å². The van der Waals surface area contributed by atoms with Gasteiger partial charge in [-0.05, 0) is 50.8 Å². The van der Waals surface area contributed by atoms with Gasteiger partial charge < -0.3 is 15.0 Å². The molecule has 4 heterocycles. The number of aromatic nitrogens is 5. The summed E-state index contributed by atoms with van der Waals surface area (Å²) in [5.74, 6) is 0.721. The summed E-state index contributed by atoms with van der Waals surface area (Å²) in [4.78, 5) is 32.2. The van der Waals surface area contributed by atoms with Crippen LogP contribution in [0.25, 0.3) is 5.65 Å². The Morgan fingerprint density at radius 2 is 1.97 bits per heavy atom. The van der Waals surface area contributed by atoms with Crippen molar-refractivity contribution in [3.05, 3.63) is 69.1 Å². The molecule has 1 fully saturated rings. The minimum atomic E-state index is -0.170. The van der Waals surface area contributed by atoms with E-state index in [0.717, 1.165) is 34.9 Å². The van der Waals surface area contributed by atoms with Crippen LogP contribution in [0.1, 0.15) is 61.7 Å². The monoisotopic (exact) mass is 519 g/mol. The second-order valence-electron chi connectivity index (χ2n) is 9.18. The number of rotatable bonds is 7. The molecule has 0 atom stereocenters. The third kappa shape index (κ3) is 5.31. The maximum atomic E-state index is 13.2. The highest BCUT2D eigenvalue weighted by atomic mass is 32.1. The van der Waals surface area contributed by atoms with Crippen LogP contribution in [-0.2, 0) is 6.42 Å². The molecule has 1 aliphatic rings. The highest BCUT2D eigenvalue weighted by molar-refractivity contribution is 7.09. The van der Waals surface area contributed by atoms with Crippen LogP contribution in [0.5, 0.6) is 5.75 Å². The molecule has 0 saturated carbocycles. The van der Waals surface area contributed by atoms with E-state index in [0.29, 0.717) is 48.8 Å². The first-order chi connectivity index (χ1) is 17.9. The molecule has 1 aromatic carbocycles. The molecule has 0 bridgehead atoms. The molecule has 0 unspecified atom stereocenters. The summed E-state index contributed by atoms with van der Waals surface area (Å²) in [5, 5.41) is 18.5. The van der Waals surface area contributed by atoms with E-state index >= 15 is 0 Å². The summed E-state index contributed by atoms with van der Waals surface area (Å²) in [6.07, 6.45) is 2.28. The van der Waals surface area contributed by atoms with Crippen LogP contribution < -0.4 is 10.1 Å². The number of benzene rings is 1. The Kier molecular flexibility index (Phi) is 7.13. The average Bonchev–Trinajstić information content (AvgIpc) is 3.56. The fourth-order valence-electron chi connectivity index (χ4n) is 4.57. The normalized spacial score (nSPS) is 14.2. The van der Waals surface area contributed by atoms with E-state index in [1.54, 1.807) is 11.6 Å². The van der Waals surface area contributed by atoms with Gasteiger partial charge in [-0.2, -0.15) is 5.10 Å². The molecular weight excluding hydrogens is 490 g/mol. The number of hydrogen-bond donors (Lipinski definition) is 1. The first-order valence-corrected chi connectivity index (χ1v) is 13.2. The number of likely N-dealkylation sites (tertiary alicyclic amines) is 1. The number of piperidine rings is 1. The molecule has 5 rings (SSSR count). The fourth-order valence-corrected chi connectivity index (χ4v) is 5.54. The second-order valence-corrected chi connectivity index (χ2v) is 10.1. The molecule has 1 aliphatic heterocycles. The van der Waals surface area contributed by atoms with Crippen molar-refractivity contribution in [2.45, 2.75) is 39.0 Å². The molecule has 192 valence electrons. The SMILES string of the molecule is COc1cccc(CCNC(=O)c2csc(C3CCN(C(=O)c4nnc5cc(C)nn5c4C)CC3)n2)c1. The molecule has 0 radical (unpaired) electrons. The lowest BCUT2D eigenvalue weighted by molar-refractivity contribution is 0.0704. The van der Waals surface area contributed by atoms with Crippen molar-refractivity contribution >= 4 is 28.8 Å². The van der Waals surface area contributed by atoms with Crippen molar-refractivity contribution in [1.29, 1.82) is 0 Å². The van der Waals surface area contributed by atoms with Gasteiger partial charge in [-0.1, -0.05) is 12.1 Å². The van der Waals surface area contributed by atoms with Gasteiger partial charge in [-0.3, -0.25) is 9.59 Å². The van der Waals surface area contributed by atoms with E-state index in [1.807, 2.05) is 54.5 Å². The topological polar surface area (TPSA) is 115 Å². The molecule has 0 aliphatic carbocycles. The molecule has 37 heavy (non-hydrogen) atoms. The van der Waals surface area contributed by atoms with E-state index in [9.17, 15) is 9.59 Å². The second kappa shape index (κ2) is 10.6. The van der Waals surface area contributed by atoms with Crippen molar-refractivity contribution < 1.29 is 14.3 Å². The standard InChI is InChI=1S/C26H29N7O3S/c1-16-13-22-29-30-23(17(2)33(22)31-16)26(35)32-11-8-19(9-12-32)25-28-21(15-37-25)24(34)27-10-7-18-5-4-6-20(14-18)36-3/h4-6,13-15,19H,7-12H2,1-3H3,(H,27,34). The number of thiazole rings is 1. The van der Waals surface area contributed by atoms with Crippen molar-refractivity contribution in [3.8, 4) is 5.75 Å². The predicted octanol–water partition coefficient (Wildman–Crippen LogP) is 3.20. The Morgan fingerprint density at radius 1 is 1.16 bits per heavy atom. The zero-order valence-corrected chi connectivity index (χ0v) is 21.9. The molecule has 4 aromatic rings. The number of aryl methyl sites for hydroxylation is 2.